The molecule has 0 aromatic carbocycles. The number of nitrogens with zero attached hydrogens (tertiary/aromatic N) is 5. The molecule has 30 heavy (non-hydrogen) atoms. The monoisotopic (exact) mass is 415 g/mol. The van der Waals surface area contributed by atoms with Gasteiger partial charge in [-0.15, -0.1) is 0 Å². The molecule has 2 saturated heterocycles. The number of hydrogen-bond donors (Lipinski definition) is 0. The van der Waals surface area contributed by atoms with E-state index in [4.69, 9.17) is 0 Å². The van der Waals surface area contributed by atoms with Crippen molar-refractivity contribution in [3.05, 3.63) is 17.5 Å². The van der Waals surface area contributed by atoms with Gasteiger partial charge < -0.3 is 14.7 Å². The molecular weight excluding hydrogens is 378 g/mol. The van der Waals surface area contributed by atoms with E-state index < -0.39 is 0 Å². The van der Waals surface area contributed by atoms with E-state index in [0.717, 1.165) is 63.9 Å². The number of piperidine rings is 1. The summed E-state index contributed by atoms with van der Waals surface area (Å²) >= 11 is 0. The number of likely N-dealkylation sites (N-methyl/N-ethyl adjacent to an activating group) is 1. The van der Waals surface area contributed by atoms with Gasteiger partial charge in [0.2, 0.25) is 5.91 Å². The summed E-state index contributed by atoms with van der Waals surface area (Å²) < 4.78 is 1.74. The molecule has 2 aliphatic heterocycles. The molecule has 1 aromatic rings. The number of carbonyl (C=O) groups excluding carboxylic acids is 2. The highest BCUT2D eigenvalue weighted by atomic mass is 16.2. The Labute approximate surface area is 180 Å². The normalized spacial score (nSPS) is 27.9. The van der Waals surface area contributed by atoms with Gasteiger partial charge >= 0.3 is 0 Å². The van der Waals surface area contributed by atoms with Gasteiger partial charge in [0.1, 0.15) is 6.04 Å². The molecule has 1 aliphatic carbocycles. The molecule has 3 unspecified atom stereocenters. The fraction of sp³-hybridized carbons (Fsp3) is 0.783. The Morgan fingerprint density at radius 3 is 2.50 bits per heavy atom. The van der Waals surface area contributed by atoms with E-state index in [1.165, 1.54) is 6.42 Å². The minimum Gasteiger partial charge on any atom is -0.341 e. The average molecular weight is 416 g/mol. The zero-order chi connectivity index (χ0) is 21.4. The molecule has 3 aliphatic rings. The lowest BCUT2D eigenvalue weighted by Gasteiger charge is -2.39. The topological polar surface area (TPSA) is 61.7 Å². The van der Waals surface area contributed by atoms with Crippen molar-refractivity contribution >= 4 is 11.8 Å². The lowest BCUT2D eigenvalue weighted by molar-refractivity contribution is -0.137. The maximum absolute atomic E-state index is 13.7. The zero-order valence-corrected chi connectivity index (χ0v) is 19.0. The molecule has 0 N–H and O–H groups in total. The third kappa shape index (κ3) is 3.77. The molecule has 0 radical (unpaired) electrons. The SMILES string of the molecule is CCN1CCC(N(C)C(=O)C2CC3CCCCC3N2C(=O)c2cnn(C)c2C)CC1. The van der Waals surface area contributed by atoms with Crippen LogP contribution < -0.4 is 0 Å². The van der Waals surface area contributed by atoms with Crippen LogP contribution in [0, 0.1) is 12.8 Å². The van der Waals surface area contributed by atoms with Gasteiger partial charge in [0, 0.05) is 45.0 Å². The van der Waals surface area contributed by atoms with Gasteiger partial charge in [-0.25, -0.2) is 0 Å². The van der Waals surface area contributed by atoms with Crippen molar-refractivity contribution in [1.82, 2.24) is 24.5 Å². The van der Waals surface area contributed by atoms with E-state index in [-0.39, 0.29) is 29.9 Å². The van der Waals surface area contributed by atoms with Crippen LogP contribution in [0.1, 0.15) is 67.9 Å². The van der Waals surface area contributed by atoms with Crippen molar-refractivity contribution in [2.45, 2.75) is 76.9 Å². The minimum atomic E-state index is -0.334. The fourth-order valence-electron chi connectivity index (χ4n) is 5.86. The van der Waals surface area contributed by atoms with E-state index >= 15 is 0 Å². The number of likely N-dealkylation sites (tertiary alicyclic amines) is 2. The predicted octanol–water partition coefficient (Wildman–Crippen LogP) is 2.44. The van der Waals surface area contributed by atoms with Gasteiger partial charge in [0.15, 0.2) is 0 Å². The Hall–Kier alpha value is -1.89. The fourth-order valence-corrected chi connectivity index (χ4v) is 5.86. The summed E-state index contributed by atoms with van der Waals surface area (Å²) in [5.74, 6) is 0.570. The third-order valence-electron chi connectivity index (χ3n) is 7.97. The first-order valence-electron chi connectivity index (χ1n) is 11.7. The van der Waals surface area contributed by atoms with Gasteiger partial charge in [0.25, 0.3) is 5.91 Å². The maximum Gasteiger partial charge on any atom is 0.258 e. The largest absolute Gasteiger partial charge is 0.341 e. The predicted molar refractivity (Wildman–Crippen MR) is 116 cm³/mol. The average Bonchev–Trinajstić information content (AvgIpc) is 3.32. The molecular formula is C23H37N5O2. The van der Waals surface area contributed by atoms with E-state index in [1.54, 1.807) is 10.9 Å². The zero-order valence-electron chi connectivity index (χ0n) is 19.0. The summed E-state index contributed by atoms with van der Waals surface area (Å²) in [5, 5.41) is 4.28. The van der Waals surface area contributed by atoms with Crippen LogP contribution in [0.5, 0.6) is 0 Å². The summed E-state index contributed by atoms with van der Waals surface area (Å²) in [5.41, 5.74) is 1.51. The summed E-state index contributed by atoms with van der Waals surface area (Å²) in [6.45, 7) is 7.29. The van der Waals surface area contributed by atoms with Crippen LogP contribution in [0.2, 0.25) is 0 Å². The Balaban J connectivity index is 1.56. The van der Waals surface area contributed by atoms with Crippen molar-refractivity contribution in [2.75, 3.05) is 26.7 Å². The molecule has 166 valence electrons. The quantitative estimate of drug-likeness (QED) is 0.758. The van der Waals surface area contributed by atoms with Crippen LogP contribution in [0.3, 0.4) is 0 Å². The minimum absolute atomic E-state index is 0.0115. The van der Waals surface area contributed by atoms with Gasteiger partial charge in [-0.2, -0.15) is 5.10 Å². The van der Waals surface area contributed by atoms with Crippen LogP contribution in [0.4, 0.5) is 0 Å². The standard InChI is InChI=1S/C23H37N5O2/c1-5-27-12-10-18(11-13-27)25(3)23(30)21-14-17-8-6-7-9-20(17)28(21)22(29)19-15-24-26(4)16(19)2/h15,17-18,20-21H,5-14H2,1-4H3. The Kier molecular flexibility index (Phi) is 6.19. The summed E-state index contributed by atoms with van der Waals surface area (Å²) in [6, 6.07) is 0.134. The highest BCUT2D eigenvalue weighted by molar-refractivity contribution is 5.99. The molecule has 0 spiro atoms. The number of amides is 2. The number of hydrogen-bond acceptors (Lipinski definition) is 4. The van der Waals surface area contributed by atoms with E-state index in [9.17, 15) is 9.59 Å². The summed E-state index contributed by atoms with van der Waals surface area (Å²) in [6.07, 6.45) is 9.01. The Bertz CT molecular complexity index is 783. The highest BCUT2D eigenvalue weighted by Crippen LogP contribution is 2.41. The first kappa shape index (κ1) is 21.3. The number of rotatable bonds is 4. The molecule has 3 atom stereocenters. The Morgan fingerprint density at radius 2 is 1.87 bits per heavy atom. The molecule has 4 rings (SSSR count). The van der Waals surface area contributed by atoms with Crippen molar-refractivity contribution in [3.8, 4) is 0 Å². The second-order valence-electron chi connectivity index (χ2n) is 9.46. The lowest BCUT2D eigenvalue weighted by Crippen LogP contribution is -2.53. The van der Waals surface area contributed by atoms with Crippen LogP contribution >= 0.6 is 0 Å². The summed E-state index contributed by atoms with van der Waals surface area (Å²) in [7, 11) is 3.81. The number of aromatic nitrogens is 2. The molecule has 2 amide bonds. The van der Waals surface area contributed by atoms with Crippen LogP contribution in [0.25, 0.3) is 0 Å². The van der Waals surface area contributed by atoms with Gasteiger partial charge in [-0.1, -0.05) is 19.8 Å². The second-order valence-corrected chi connectivity index (χ2v) is 9.46. The molecule has 7 heteroatoms. The van der Waals surface area contributed by atoms with Gasteiger partial charge in [0.05, 0.1) is 11.8 Å². The van der Waals surface area contributed by atoms with Crippen molar-refractivity contribution in [3.63, 3.8) is 0 Å². The number of carbonyl (C=O) groups is 2. The molecule has 1 aromatic heterocycles. The van der Waals surface area contributed by atoms with Crippen LogP contribution in [-0.2, 0) is 11.8 Å². The van der Waals surface area contributed by atoms with E-state index in [0.29, 0.717) is 11.5 Å². The third-order valence-corrected chi connectivity index (χ3v) is 7.97. The van der Waals surface area contributed by atoms with Crippen LogP contribution in [-0.4, -0.2) is 81.1 Å². The Morgan fingerprint density at radius 1 is 1.17 bits per heavy atom. The lowest BCUT2D eigenvalue weighted by atomic mass is 9.84. The second kappa shape index (κ2) is 8.69. The molecule has 7 nitrogen and oxygen atoms in total. The number of fused-ring (bicyclic) bond motifs is 1. The molecule has 1 saturated carbocycles. The smallest absolute Gasteiger partial charge is 0.258 e. The van der Waals surface area contributed by atoms with Crippen molar-refractivity contribution in [1.29, 1.82) is 0 Å². The van der Waals surface area contributed by atoms with Crippen LogP contribution in [0.15, 0.2) is 6.20 Å². The van der Waals surface area contributed by atoms with Crippen molar-refractivity contribution < 1.29 is 9.59 Å². The molecule has 3 heterocycles. The first-order valence-corrected chi connectivity index (χ1v) is 11.7. The molecule has 0 bridgehead atoms. The van der Waals surface area contributed by atoms with E-state index in [1.807, 2.05) is 30.8 Å². The molecule has 3 fully saturated rings. The van der Waals surface area contributed by atoms with Crippen molar-refractivity contribution in [2.24, 2.45) is 13.0 Å². The summed E-state index contributed by atoms with van der Waals surface area (Å²) in [4.78, 5) is 33.7. The van der Waals surface area contributed by atoms with Gasteiger partial charge in [-0.3, -0.25) is 14.3 Å². The number of aryl methyl sites for hydroxylation is 1. The highest BCUT2D eigenvalue weighted by Gasteiger charge is 2.49. The van der Waals surface area contributed by atoms with Gasteiger partial charge in [-0.05, 0) is 51.5 Å². The first-order chi connectivity index (χ1) is 14.4. The van der Waals surface area contributed by atoms with E-state index in [2.05, 4.69) is 16.9 Å². The maximum atomic E-state index is 13.7.